The number of hydrogen-bond donors (Lipinski definition) is 2. The van der Waals surface area contributed by atoms with Crippen molar-refractivity contribution in [3.8, 4) is 22.9 Å². The van der Waals surface area contributed by atoms with E-state index in [4.69, 9.17) is 4.74 Å². The molecule has 34 heavy (non-hydrogen) atoms. The van der Waals surface area contributed by atoms with Crippen LogP contribution in [-0.4, -0.2) is 30.8 Å². The molecule has 0 aliphatic rings. The fourth-order valence-corrected chi connectivity index (χ4v) is 3.61. The van der Waals surface area contributed by atoms with Crippen LogP contribution in [0.5, 0.6) is 11.6 Å². The average molecular weight is 451 g/mol. The number of aromatic amines is 1. The molecule has 8 heteroatoms. The van der Waals surface area contributed by atoms with Crippen molar-refractivity contribution in [3.05, 3.63) is 90.3 Å². The number of amides is 1. The molecule has 0 unspecified atom stereocenters. The van der Waals surface area contributed by atoms with Crippen LogP contribution in [0, 0.1) is 6.92 Å². The number of imidazole rings is 1. The number of nitrogens with one attached hydrogen (secondary N) is 2. The lowest BCUT2D eigenvalue weighted by atomic mass is 10.1. The highest BCUT2D eigenvalue weighted by Crippen LogP contribution is 2.32. The monoisotopic (exact) mass is 450 g/mol. The number of carbonyl (C=O) groups excluding carboxylic acids is 1. The van der Waals surface area contributed by atoms with Crippen molar-refractivity contribution in [1.29, 1.82) is 0 Å². The van der Waals surface area contributed by atoms with Crippen molar-refractivity contribution in [2.45, 2.75) is 20.3 Å². The normalized spacial score (nSPS) is 10.9. The topological polar surface area (TPSA) is 106 Å². The first-order chi connectivity index (χ1) is 16.6. The second kappa shape index (κ2) is 9.11. The number of aryl methyl sites for hydroxylation is 2. The van der Waals surface area contributed by atoms with Gasteiger partial charge in [0.25, 0.3) is 5.91 Å². The van der Waals surface area contributed by atoms with Gasteiger partial charge in [-0.25, -0.2) is 19.9 Å². The number of H-pyrrole nitrogens is 1. The summed E-state index contributed by atoms with van der Waals surface area (Å²) in [6.07, 6.45) is 5.77. The molecular weight excluding hydrogens is 428 g/mol. The van der Waals surface area contributed by atoms with Crippen LogP contribution in [0.1, 0.15) is 28.7 Å². The van der Waals surface area contributed by atoms with E-state index in [1.54, 1.807) is 36.9 Å². The Balaban J connectivity index is 1.36. The van der Waals surface area contributed by atoms with E-state index in [-0.39, 0.29) is 5.91 Å². The van der Waals surface area contributed by atoms with E-state index >= 15 is 0 Å². The zero-order valence-corrected chi connectivity index (χ0v) is 18.7. The van der Waals surface area contributed by atoms with Gasteiger partial charge in [0, 0.05) is 30.1 Å². The Morgan fingerprint density at radius 3 is 2.79 bits per heavy atom. The highest BCUT2D eigenvalue weighted by atomic mass is 16.5. The van der Waals surface area contributed by atoms with Gasteiger partial charge in [-0.1, -0.05) is 6.92 Å². The summed E-state index contributed by atoms with van der Waals surface area (Å²) in [6.45, 7) is 3.93. The van der Waals surface area contributed by atoms with E-state index in [0.29, 0.717) is 22.9 Å². The summed E-state index contributed by atoms with van der Waals surface area (Å²) in [7, 11) is 0. The maximum absolute atomic E-state index is 12.7. The van der Waals surface area contributed by atoms with Crippen molar-refractivity contribution in [1.82, 2.24) is 24.9 Å². The molecule has 0 saturated heterocycles. The van der Waals surface area contributed by atoms with Crippen molar-refractivity contribution < 1.29 is 9.53 Å². The van der Waals surface area contributed by atoms with Gasteiger partial charge < -0.3 is 15.0 Å². The van der Waals surface area contributed by atoms with E-state index in [0.717, 1.165) is 40.1 Å². The minimum absolute atomic E-state index is 0.202. The number of fused-ring (bicyclic) bond motifs is 1. The van der Waals surface area contributed by atoms with Gasteiger partial charge in [0.15, 0.2) is 0 Å². The van der Waals surface area contributed by atoms with Gasteiger partial charge in [-0.15, -0.1) is 0 Å². The van der Waals surface area contributed by atoms with Gasteiger partial charge in [0.1, 0.15) is 11.6 Å². The molecule has 2 N–H and O–H groups in total. The average Bonchev–Trinajstić information content (AvgIpc) is 3.34. The van der Waals surface area contributed by atoms with Crippen molar-refractivity contribution in [3.63, 3.8) is 0 Å². The van der Waals surface area contributed by atoms with Gasteiger partial charge >= 0.3 is 0 Å². The van der Waals surface area contributed by atoms with Gasteiger partial charge in [-0.3, -0.25) is 4.79 Å². The number of aromatic nitrogens is 5. The minimum atomic E-state index is -0.202. The largest absolute Gasteiger partial charge is 0.438 e. The molecule has 0 atom stereocenters. The Labute approximate surface area is 196 Å². The van der Waals surface area contributed by atoms with E-state index in [2.05, 4.69) is 30.2 Å². The quantitative estimate of drug-likeness (QED) is 0.362. The second-order valence-corrected chi connectivity index (χ2v) is 7.74. The molecular formula is C26H22N6O2. The first-order valence-electron chi connectivity index (χ1n) is 10.9. The highest BCUT2D eigenvalue weighted by Gasteiger charge is 2.13. The fraction of sp³-hybridized carbons (Fsp3) is 0.115. The predicted octanol–water partition coefficient (Wildman–Crippen LogP) is 5.33. The van der Waals surface area contributed by atoms with Crippen molar-refractivity contribution in [2.24, 2.45) is 0 Å². The first-order valence-corrected chi connectivity index (χ1v) is 10.9. The van der Waals surface area contributed by atoms with Crippen LogP contribution in [-0.2, 0) is 6.42 Å². The number of ether oxygens (including phenoxy) is 1. The number of pyridine rings is 1. The summed E-state index contributed by atoms with van der Waals surface area (Å²) in [4.78, 5) is 33.2. The van der Waals surface area contributed by atoms with Gasteiger partial charge in [-0.2, -0.15) is 0 Å². The van der Waals surface area contributed by atoms with Crippen molar-refractivity contribution >= 4 is 22.6 Å². The molecule has 8 nitrogen and oxygen atoms in total. The third-order valence-electron chi connectivity index (χ3n) is 5.39. The third kappa shape index (κ3) is 4.33. The maximum Gasteiger partial charge on any atom is 0.255 e. The zero-order chi connectivity index (χ0) is 23.5. The van der Waals surface area contributed by atoms with E-state index < -0.39 is 0 Å². The number of benzene rings is 2. The van der Waals surface area contributed by atoms with Crippen molar-refractivity contribution in [2.75, 3.05) is 5.32 Å². The number of rotatable bonds is 6. The maximum atomic E-state index is 12.7. The fourth-order valence-electron chi connectivity index (χ4n) is 3.61. The van der Waals surface area contributed by atoms with Crippen LogP contribution in [0.15, 0.2) is 73.3 Å². The van der Waals surface area contributed by atoms with E-state index in [1.165, 1.54) is 0 Å². The summed E-state index contributed by atoms with van der Waals surface area (Å²) >= 11 is 0. The Bertz CT molecular complexity index is 1490. The van der Waals surface area contributed by atoms with E-state index in [9.17, 15) is 4.79 Å². The van der Waals surface area contributed by atoms with Gasteiger partial charge in [0.2, 0.25) is 5.88 Å². The smallest absolute Gasteiger partial charge is 0.255 e. The summed E-state index contributed by atoms with van der Waals surface area (Å²) in [6, 6.07) is 16.4. The molecule has 168 valence electrons. The molecule has 5 aromatic rings. The summed E-state index contributed by atoms with van der Waals surface area (Å²) in [5, 5.41) is 2.94. The molecule has 2 aromatic carbocycles. The predicted molar refractivity (Wildman–Crippen MR) is 130 cm³/mol. The molecule has 0 aliphatic heterocycles. The summed E-state index contributed by atoms with van der Waals surface area (Å²) in [5.74, 6) is 1.65. The lowest BCUT2D eigenvalue weighted by Gasteiger charge is -2.13. The second-order valence-electron chi connectivity index (χ2n) is 7.74. The number of anilines is 1. The Kier molecular flexibility index (Phi) is 5.70. The van der Waals surface area contributed by atoms with Crippen LogP contribution >= 0.6 is 0 Å². The molecule has 0 bridgehead atoms. The van der Waals surface area contributed by atoms with Crippen LogP contribution in [0.25, 0.3) is 22.3 Å². The standard InChI is InChI=1S/C26H22N6O2/c1-3-24-27-12-10-20(32-24)19-5-4-11-28-26(19)34-23-9-7-18(13-16(23)2)31-25(33)17-6-8-21-22(14-17)30-15-29-21/h4-15H,3H2,1-2H3,(H,29,30)(H,31,33). The van der Waals surface area contributed by atoms with Crippen LogP contribution in [0.2, 0.25) is 0 Å². The van der Waals surface area contributed by atoms with Gasteiger partial charge in [-0.05, 0) is 67.1 Å². The SMILES string of the molecule is CCc1nccc(-c2cccnc2Oc2ccc(NC(=O)c3ccc4nc[nH]c4c3)cc2C)n1. The van der Waals surface area contributed by atoms with Gasteiger partial charge in [0.05, 0.1) is 28.6 Å². The summed E-state index contributed by atoms with van der Waals surface area (Å²) < 4.78 is 6.16. The highest BCUT2D eigenvalue weighted by molar-refractivity contribution is 6.06. The lowest BCUT2D eigenvalue weighted by molar-refractivity contribution is 0.102. The molecule has 3 aromatic heterocycles. The number of carbonyl (C=O) groups is 1. The van der Waals surface area contributed by atoms with Crippen LogP contribution in [0.4, 0.5) is 5.69 Å². The Morgan fingerprint density at radius 1 is 1.03 bits per heavy atom. The molecule has 5 rings (SSSR count). The molecule has 0 fully saturated rings. The Hall–Kier alpha value is -4.59. The molecule has 0 radical (unpaired) electrons. The molecule has 0 spiro atoms. The minimum Gasteiger partial charge on any atom is -0.438 e. The summed E-state index contributed by atoms with van der Waals surface area (Å²) in [5.41, 5.74) is 5.24. The molecule has 1 amide bonds. The third-order valence-corrected chi connectivity index (χ3v) is 5.39. The zero-order valence-electron chi connectivity index (χ0n) is 18.7. The number of hydrogen-bond acceptors (Lipinski definition) is 6. The molecule has 3 heterocycles. The molecule has 0 saturated carbocycles. The van der Waals surface area contributed by atoms with E-state index in [1.807, 2.05) is 50.2 Å². The molecule has 0 aliphatic carbocycles. The van der Waals surface area contributed by atoms with Crippen LogP contribution < -0.4 is 10.1 Å². The Morgan fingerprint density at radius 2 is 1.94 bits per heavy atom. The number of nitrogens with zero attached hydrogens (tertiary/aromatic N) is 4. The lowest BCUT2D eigenvalue weighted by Crippen LogP contribution is -2.12. The van der Waals surface area contributed by atoms with Crippen LogP contribution in [0.3, 0.4) is 0 Å². The first kappa shape index (κ1) is 21.3.